The molecule has 1 aliphatic heterocycles. The van der Waals surface area contributed by atoms with Crippen LogP contribution in [0.25, 0.3) is 6.08 Å². The number of amides is 1. The maximum atomic E-state index is 11.9. The molecular formula is C16H12INO3. The van der Waals surface area contributed by atoms with Gasteiger partial charge in [-0.3, -0.25) is 4.79 Å². The van der Waals surface area contributed by atoms with Gasteiger partial charge in [0, 0.05) is 15.3 Å². The van der Waals surface area contributed by atoms with Gasteiger partial charge in [0.15, 0.2) is 11.5 Å². The molecule has 106 valence electrons. The van der Waals surface area contributed by atoms with Gasteiger partial charge in [0.2, 0.25) is 12.7 Å². The Morgan fingerprint density at radius 3 is 2.86 bits per heavy atom. The summed E-state index contributed by atoms with van der Waals surface area (Å²) in [5.41, 5.74) is 1.67. The number of rotatable bonds is 3. The van der Waals surface area contributed by atoms with Gasteiger partial charge in [0.25, 0.3) is 0 Å². The second kappa shape index (κ2) is 6.17. The van der Waals surface area contributed by atoms with Gasteiger partial charge >= 0.3 is 0 Å². The molecule has 3 rings (SSSR count). The highest BCUT2D eigenvalue weighted by molar-refractivity contribution is 14.1. The smallest absolute Gasteiger partial charge is 0.248 e. The molecule has 0 atom stereocenters. The molecule has 0 saturated carbocycles. The SMILES string of the molecule is O=C(/C=C/c1ccc2c(c1)OCO2)Nc1cccc(I)c1. The Balaban J connectivity index is 1.67. The van der Waals surface area contributed by atoms with Gasteiger partial charge in [0.1, 0.15) is 0 Å². The lowest BCUT2D eigenvalue weighted by Gasteiger charge is -2.02. The fraction of sp³-hybridized carbons (Fsp3) is 0.0625. The molecule has 0 radical (unpaired) electrons. The van der Waals surface area contributed by atoms with E-state index in [9.17, 15) is 4.79 Å². The van der Waals surface area contributed by atoms with Gasteiger partial charge in [0.05, 0.1) is 0 Å². The van der Waals surface area contributed by atoms with E-state index in [0.29, 0.717) is 5.75 Å². The summed E-state index contributed by atoms with van der Waals surface area (Å²) in [6.45, 7) is 0.246. The topological polar surface area (TPSA) is 47.6 Å². The molecule has 1 amide bonds. The van der Waals surface area contributed by atoms with Crippen molar-refractivity contribution >= 4 is 40.3 Å². The molecule has 1 N–H and O–H groups in total. The summed E-state index contributed by atoms with van der Waals surface area (Å²) < 4.78 is 11.6. The van der Waals surface area contributed by atoms with Crippen LogP contribution in [0.1, 0.15) is 5.56 Å². The Morgan fingerprint density at radius 1 is 1.14 bits per heavy atom. The van der Waals surface area contributed by atoms with Crippen molar-refractivity contribution in [1.82, 2.24) is 0 Å². The molecule has 5 heteroatoms. The van der Waals surface area contributed by atoms with E-state index < -0.39 is 0 Å². The fourth-order valence-corrected chi connectivity index (χ4v) is 2.48. The summed E-state index contributed by atoms with van der Waals surface area (Å²) in [4.78, 5) is 11.9. The number of carbonyl (C=O) groups is 1. The van der Waals surface area contributed by atoms with E-state index >= 15 is 0 Å². The first-order valence-corrected chi connectivity index (χ1v) is 7.43. The summed E-state index contributed by atoms with van der Waals surface area (Å²) in [6, 6.07) is 13.2. The first kappa shape index (κ1) is 13.9. The molecule has 0 spiro atoms. The number of hydrogen-bond acceptors (Lipinski definition) is 3. The van der Waals surface area contributed by atoms with E-state index in [1.54, 1.807) is 6.08 Å². The number of fused-ring (bicyclic) bond motifs is 1. The first-order chi connectivity index (χ1) is 10.2. The third-order valence-electron chi connectivity index (χ3n) is 2.92. The minimum absolute atomic E-state index is 0.172. The Morgan fingerprint density at radius 2 is 2.00 bits per heavy atom. The monoisotopic (exact) mass is 393 g/mol. The van der Waals surface area contributed by atoms with Crippen molar-refractivity contribution in [1.29, 1.82) is 0 Å². The lowest BCUT2D eigenvalue weighted by Crippen LogP contribution is -2.07. The number of anilines is 1. The number of benzene rings is 2. The summed E-state index contributed by atoms with van der Waals surface area (Å²) in [5.74, 6) is 1.26. The minimum atomic E-state index is -0.172. The molecule has 0 aromatic heterocycles. The van der Waals surface area contributed by atoms with Crippen molar-refractivity contribution in [3.8, 4) is 11.5 Å². The Bertz CT molecular complexity index is 712. The lowest BCUT2D eigenvalue weighted by atomic mass is 10.2. The van der Waals surface area contributed by atoms with Crippen LogP contribution >= 0.6 is 22.6 Å². The molecule has 4 nitrogen and oxygen atoms in total. The first-order valence-electron chi connectivity index (χ1n) is 6.35. The number of carbonyl (C=O) groups excluding carboxylic acids is 1. The second-order valence-electron chi connectivity index (χ2n) is 4.45. The van der Waals surface area contributed by atoms with Gasteiger partial charge in [-0.2, -0.15) is 0 Å². The van der Waals surface area contributed by atoms with Gasteiger partial charge in [-0.05, 0) is 64.6 Å². The van der Waals surface area contributed by atoms with Crippen LogP contribution in [0.4, 0.5) is 5.69 Å². The Hall–Kier alpha value is -2.02. The van der Waals surface area contributed by atoms with E-state index in [4.69, 9.17) is 9.47 Å². The van der Waals surface area contributed by atoms with E-state index in [2.05, 4.69) is 27.9 Å². The normalized spacial score (nSPS) is 12.6. The molecule has 21 heavy (non-hydrogen) atoms. The van der Waals surface area contributed by atoms with Crippen LogP contribution in [0.2, 0.25) is 0 Å². The second-order valence-corrected chi connectivity index (χ2v) is 5.69. The highest BCUT2D eigenvalue weighted by Gasteiger charge is 2.12. The van der Waals surface area contributed by atoms with Crippen molar-refractivity contribution in [3.63, 3.8) is 0 Å². The van der Waals surface area contributed by atoms with E-state index in [1.807, 2.05) is 42.5 Å². The van der Waals surface area contributed by atoms with Gasteiger partial charge in [-0.1, -0.05) is 12.1 Å². The Labute approximate surface area is 135 Å². The summed E-state index contributed by atoms with van der Waals surface area (Å²) in [6.07, 6.45) is 3.24. The maximum absolute atomic E-state index is 11.9. The number of nitrogens with one attached hydrogen (secondary N) is 1. The summed E-state index contributed by atoms with van der Waals surface area (Å²) >= 11 is 2.20. The summed E-state index contributed by atoms with van der Waals surface area (Å²) in [7, 11) is 0. The molecule has 0 bridgehead atoms. The van der Waals surface area contributed by atoms with Crippen LogP contribution in [-0.4, -0.2) is 12.7 Å². The van der Waals surface area contributed by atoms with Crippen LogP contribution in [0, 0.1) is 3.57 Å². The molecular weight excluding hydrogens is 381 g/mol. The van der Waals surface area contributed by atoms with Crippen molar-refractivity contribution in [3.05, 3.63) is 57.7 Å². The quantitative estimate of drug-likeness (QED) is 0.640. The predicted molar refractivity (Wildman–Crippen MR) is 89.4 cm³/mol. The maximum Gasteiger partial charge on any atom is 0.248 e. The summed E-state index contributed by atoms with van der Waals surface area (Å²) in [5, 5.41) is 2.82. The molecule has 1 heterocycles. The molecule has 2 aromatic carbocycles. The van der Waals surface area contributed by atoms with Crippen molar-refractivity contribution in [2.75, 3.05) is 12.1 Å². The number of hydrogen-bond donors (Lipinski definition) is 1. The number of halogens is 1. The number of ether oxygens (including phenoxy) is 2. The highest BCUT2D eigenvalue weighted by Crippen LogP contribution is 2.32. The predicted octanol–water partition coefficient (Wildman–Crippen LogP) is 3.67. The van der Waals surface area contributed by atoms with Gasteiger partial charge < -0.3 is 14.8 Å². The van der Waals surface area contributed by atoms with Crippen LogP contribution in [0.3, 0.4) is 0 Å². The lowest BCUT2D eigenvalue weighted by molar-refractivity contribution is -0.111. The molecule has 0 saturated heterocycles. The van der Waals surface area contributed by atoms with Crippen molar-refractivity contribution < 1.29 is 14.3 Å². The minimum Gasteiger partial charge on any atom is -0.454 e. The molecule has 0 aliphatic carbocycles. The zero-order valence-corrected chi connectivity index (χ0v) is 13.2. The molecule has 0 unspecified atom stereocenters. The zero-order chi connectivity index (χ0) is 14.7. The van der Waals surface area contributed by atoms with Crippen LogP contribution in [0.5, 0.6) is 11.5 Å². The van der Waals surface area contributed by atoms with E-state index in [-0.39, 0.29) is 12.7 Å². The third kappa shape index (κ3) is 3.55. The molecule has 2 aromatic rings. The zero-order valence-electron chi connectivity index (χ0n) is 11.0. The van der Waals surface area contributed by atoms with E-state index in [1.165, 1.54) is 6.08 Å². The Kier molecular flexibility index (Phi) is 4.10. The average molecular weight is 393 g/mol. The van der Waals surface area contributed by atoms with Gasteiger partial charge in [-0.15, -0.1) is 0 Å². The van der Waals surface area contributed by atoms with Gasteiger partial charge in [-0.25, -0.2) is 0 Å². The van der Waals surface area contributed by atoms with Crippen LogP contribution < -0.4 is 14.8 Å². The van der Waals surface area contributed by atoms with Crippen LogP contribution in [-0.2, 0) is 4.79 Å². The van der Waals surface area contributed by atoms with Crippen LogP contribution in [0.15, 0.2) is 48.5 Å². The molecule has 1 aliphatic rings. The van der Waals surface area contributed by atoms with Crippen molar-refractivity contribution in [2.24, 2.45) is 0 Å². The third-order valence-corrected chi connectivity index (χ3v) is 3.59. The average Bonchev–Trinajstić information content (AvgIpc) is 2.92. The van der Waals surface area contributed by atoms with Crippen molar-refractivity contribution in [2.45, 2.75) is 0 Å². The standard InChI is InChI=1S/C16H12INO3/c17-12-2-1-3-13(9-12)18-16(19)7-5-11-4-6-14-15(8-11)21-10-20-14/h1-9H,10H2,(H,18,19)/b7-5+. The van der Waals surface area contributed by atoms with E-state index in [0.717, 1.165) is 20.6 Å². The fourth-order valence-electron chi connectivity index (χ4n) is 1.94. The highest BCUT2D eigenvalue weighted by atomic mass is 127. The molecule has 0 fully saturated rings. The largest absolute Gasteiger partial charge is 0.454 e.